The Balaban J connectivity index is 2.53. The van der Waals surface area contributed by atoms with E-state index in [1.165, 1.54) is 0 Å². The van der Waals surface area contributed by atoms with Crippen LogP contribution in [0.4, 0.5) is 0 Å². The first-order valence-electron chi connectivity index (χ1n) is 4.51. The maximum atomic E-state index is 5.94. The second kappa shape index (κ2) is 3.16. The quantitative estimate of drug-likeness (QED) is 0.542. The zero-order chi connectivity index (χ0) is 10.4. The van der Waals surface area contributed by atoms with Crippen LogP contribution in [-0.2, 0) is 0 Å². The van der Waals surface area contributed by atoms with Gasteiger partial charge < -0.3 is 4.42 Å². The summed E-state index contributed by atoms with van der Waals surface area (Å²) in [6, 6.07) is 11.2. The summed E-state index contributed by atoms with van der Waals surface area (Å²) in [5, 5.41) is 3.44. The van der Waals surface area contributed by atoms with E-state index in [9.17, 15) is 0 Å². The predicted octanol–water partition coefficient (Wildman–Crippen LogP) is 4.89. The van der Waals surface area contributed by atoms with Gasteiger partial charge in [-0.05, 0) is 30.3 Å². The summed E-state index contributed by atoms with van der Waals surface area (Å²) in [6.45, 7) is 0. The Labute approximate surface area is 96.2 Å². The summed E-state index contributed by atoms with van der Waals surface area (Å²) in [6.07, 6.45) is 0. The molecule has 0 atom stereocenters. The summed E-state index contributed by atoms with van der Waals surface area (Å²) in [5.74, 6) is 0. The standard InChI is InChI=1S/C12H6Cl2O/c13-7-2-4-11-10(5-7)9-3-1-8(14)6-12(9)15-11/h1-6H. The molecule has 1 heterocycles. The van der Waals surface area contributed by atoms with E-state index in [1.54, 1.807) is 0 Å². The van der Waals surface area contributed by atoms with Gasteiger partial charge in [-0.25, -0.2) is 0 Å². The highest BCUT2D eigenvalue weighted by Crippen LogP contribution is 2.31. The average molecular weight is 237 g/mol. The second-order valence-electron chi connectivity index (χ2n) is 3.38. The number of halogens is 2. The lowest BCUT2D eigenvalue weighted by molar-refractivity contribution is 0.669. The fourth-order valence-corrected chi connectivity index (χ4v) is 2.06. The monoisotopic (exact) mass is 236 g/mol. The number of hydrogen-bond acceptors (Lipinski definition) is 1. The Kier molecular flexibility index (Phi) is 1.91. The fraction of sp³-hybridized carbons (Fsp3) is 0. The van der Waals surface area contributed by atoms with Crippen molar-refractivity contribution in [2.24, 2.45) is 0 Å². The van der Waals surface area contributed by atoms with Crippen LogP contribution in [-0.4, -0.2) is 0 Å². The van der Waals surface area contributed by atoms with Crippen molar-refractivity contribution in [3.63, 3.8) is 0 Å². The van der Waals surface area contributed by atoms with Crippen LogP contribution < -0.4 is 0 Å². The zero-order valence-corrected chi connectivity index (χ0v) is 9.14. The van der Waals surface area contributed by atoms with E-state index in [1.807, 2.05) is 36.4 Å². The van der Waals surface area contributed by atoms with E-state index in [4.69, 9.17) is 27.6 Å². The van der Waals surface area contributed by atoms with Crippen LogP contribution in [0.25, 0.3) is 21.9 Å². The summed E-state index contributed by atoms with van der Waals surface area (Å²) in [5.41, 5.74) is 1.62. The molecule has 1 aromatic heterocycles. The second-order valence-corrected chi connectivity index (χ2v) is 4.26. The first kappa shape index (κ1) is 9.08. The average Bonchev–Trinajstić information content (AvgIpc) is 2.54. The molecule has 0 aliphatic rings. The highest BCUT2D eigenvalue weighted by atomic mass is 35.5. The molecule has 0 fully saturated rings. The zero-order valence-electron chi connectivity index (χ0n) is 7.63. The largest absolute Gasteiger partial charge is 0.456 e. The summed E-state index contributed by atoms with van der Waals surface area (Å²) >= 11 is 11.8. The van der Waals surface area contributed by atoms with Gasteiger partial charge in [-0.3, -0.25) is 0 Å². The minimum absolute atomic E-state index is 0.674. The molecular weight excluding hydrogens is 231 g/mol. The summed E-state index contributed by atoms with van der Waals surface area (Å²) in [4.78, 5) is 0. The third-order valence-electron chi connectivity index (χ3n) is 2.40. The van der Waals surface area contributed by atoms with Crippen molar-refractivity contribution >= 4 is 45.1 Å². The SMILES string of the molecule is Clc1ccc2c(c1)oc1ccc(Cl)cc12. The van der Waals surface area contributed by atoms with E-state index in [0.29, 0.717) is 10.0 Å². The molecule has 3 heteroatoms. The first-order valence-corrected chi connectivity index (χ1v) is 5.27. The number of rotatable bonds is 0. The minimum atomic E-state index is 0.674. The number of benzene rings is 2. The third-order valence-corrected chi connectivity index (χ3v) is 2.87. The smallest absolute Gasteiger partial charge is 0.136 e. The number of furan rings is 1. The molecule has 74 valence electrons. The minimum Gasteiger partial charge on any atom is -0.456 e. The van der Waals surface area contributed by atoms with Gasteiger partial charge in [-0.1, -0.05) is 23.2 Å². The Morgan fingerprint density at radius 2 is 1.47 bits per heavy atom. The molecular formula is C12H6Cl2O. The van der Waals surface area contributed by atoms with Crippen molar-refractivity contribution < 1.29 is 4.42 Å². The molecule has 0 spiro atoms. The predicted molar refractivity (Wildman–Crippen MR) is 63.7 cm³/mol. The van der Waals surface area contributed by atoms with E-state index in [0.717, 1.165) is 21.9 Å². The molecule has 0 unspecified atom stereocenters. The number of fused-ring (bicyclic) bond motifs is 3. The highest BCUT2D eigenvalue weighted by molar-refractivity contribution is 6.32. The maximum absolute atomic E-state index is 5.94. The maximum Gasteiger partial charge on any atom is 0.136 e. The van der Waals surface area contributed by atoms with Crippen molar-refractivity contribution in [2.45, 2.75) is 0 Å². The Bertz CT molecular complexity index is 655. The van der Waals surface area contributed by atoms with Gasteiger partial charge in [0.1, 0.15) is 11.2 Å². The Morgan fingerprint density at radius 1 is 0.733 bits per heavy atom. The lowest BCUT2D eigenvalue weighted by Crippen LogP contribution is -1.67. The van der Waals surface area contributed by atoms with Gasteiger partial charge in [0.25, 0.3) is 0 Å². The van der Waals surface area contributed by atoms with E-state index in [-0.39, 0.29) is 0 Å². The topological polar surface area (TPSA) is 13.1 Å². The fourth-order valence-electron chi connectivity index (χ4n) is 1.72. The van der Waals surface area contributed by atoms with E-state index < -0.39 is 0 Å². The van der Waals surface area contributed by atoms with Crippen LogP contribution in [0.2, 0.25) is 10.0 Å². The van der Waals surface area contributed by atoms with Crippen molar-refractivity contribution in [3.05, 3.63) is 46.4 Å². The van der Waals surface area contributed by atoms with Crippen LogP contribution >= 0.6 is 23.2 Å². The molecule has 0 aliphatic carbocycles. The van der Waals surface area contributed by atoms with E-state index >= 15 is 0 Å². The lowest BCUT2D eigenvalue weighted by atomic mass is 10.1. The van der Waals surface area contributed by atoms with Crippen molar-refractivity contribution in [2.75, 3.05) is 0 Å². The van der Waals surface area contributed by atoms with Gasteiger partial charge in [0.05, 0.1) is 0 Å². The lowest BCUT2D eigenvalue weighted by Gasteiger charge is -1.90. The Morgan fingerprint density at radius 3 is 2.33 bits per heavy atom. The van der Waals surface area contributed by atoms with Crippen molar-refractivity contribution in [3.8, 4) is 0 Å². The van der Waals surface area contributed by atoms with Gasteiger partial charge in [-0.2, -0.15) is 0 Å². The molecule has 0 amide bonds. The summed E-state index contributed by atoms with van der Waals surface area (Å²) < 4.78 is 5.65. The molecule has 1 nitrogen and oxygen atoms in total. The Hall–Kier alpha value is -1.18. The van der Waals surface area contributed by atoms with Gasteiger partial charge in [0.15, 0.2) is 0 Å². The summed E-state index contributed by atoms with van der Waals surface area (Å²) in [7, 11) is 0. The molecule has 0 radical (unpaired) electrons. The molecule has 0 saturated heterocycles. The van der Waals surface area contributed by atoms with Crippen LogP contribution in [0.15, 0.2) is 40.8 Å². The van der Waals surface area contributed by atoms with Crippen molar-refractivity contribution in [1.82, 2.24) is 0 Å². The van der Waals surface area contributed by atoms with Crippen LogP contribution in [0.5, 0.6) is 0 Å². The molecule has 15 heavy (non-hydrogen) atoms. The molecule has 0 bridgehead atoms. The molecule has 0 saturated carbocycles. The van der Waals surface area contributed by atoms with Crippen LogP contribution in [0.3, 0.4) is 0 Å². The van der Waals surface area contributed by atoms with Crippen LogP contribution in [0, 0.1) is 0 Å². The number of hydrogen-bond donors (Lipinski definition) is 0. The van der Waals surface area contributed by atoms with Crippen LogP contribution in [0.1, 0.15) is 0 Å². The normalized spacial score (nSPS) is 11.3. The first-order chi connectivity index (χ1) is 7.24. The van der Waals surface area contributed by atoms with Gasteiger partial charge in [0.2, 0.25) is 0 Å². The van der Waals surface area contributed by atoms with Gasteiger partial charge in [0, 0.05) is 26.9 Å². The van der Waals surface area contributed by atoms with Gasteiger partial charge >= 0.3 is 0 Å². The molecule has 0 aliphatic heterocycles. The van der Waals surface area contributed by atoms with Gasteiger partial charge in [-0.15, -0.1) is 0 Å². The third kappa shape index (κ3) is 1.39. The molecule has 0 N–H and O–H groups in total. The molecule has 2 aromatic carbocycles. The van der Waals surface area contributed by atoms with E-state index in [2.05, 4.69) is 0 Å². The molecule has 3 rings (SSSR count). The van der Waals surface area contributed by atoms with Crippen molar-refractivity contribution in [1.29, 1.82) is 0 Å². The molecule has 3 aromatic rings. The highest BCUT2D eigenvalue weighted by Gasteiger charge is 2.06.